The molecule has 4 atom stereocenters. The molecule has 1 saturated heterocycles. The van der Waals surface area contributed by atoms with E-state index in [1.807, 2.05) is 0 Å². The lowest BCUT2D eigenvalue weighted by Gasteiger charge is -2.26. The van der Waals surface area contributed by atoms with Crippen molar-refractivity contribution in [3.05, 3.63) is 33.1 Å². The highest BCUT2D eigenvalue weighted by atomic mass is 16.5. The summed E-state index contributed by atoms with van der Waals surface area (Å²) in [6, 6.07) is 1.21. The van der Waals surface area contributed by atoms with Crippen molar-refractivity contribution in [2.24, 2.45) is 5.92 Å². The van der Waals surface area contributed by atoms with E-state index in [-0.39, 0.29) is 6.61 Å². The third-order valence-electron chi connectivity index (χ3n) is 3.60. The number of aliphatic hydroxyl groups is 2. The van der Waals surface area contributed by atoms with Gasteiger partial charge in [-0.05, 0) is 6.92 Å². The number of hydrogen-bond donors (Lipinski definition) is 3. The molecule has 1 aliphatic rings. The lowest BCUT2D eigenvalue weighted by Crippen LogP contribution is -2.42. The number of aromatic amines is 1. The van der Waals surface area contributed by atoms with Crippen molar-refractivity contribution >= 4 is 0 Å². The summed E-state index contributed by atoms with van der Waals surface area (Å²) in [5, 5.41) is 19.4. The van der Waals surface area contributed by atoms with E-state index in [1.54, 1.807) is 13.8 Å². The second-order valence-electron chi connectivity index (χ2n) is 4.73. The van der Waals surface area contributed by atoms with Gasteiger partial charge in [-0.25, -0.2) is 4.79 Å². The Hall–Kier alpha value is -1.44. The Bertz CT molecular complexity index is 547. The molecule has 7 nitrogen and oxygen atoms in total. The first kappa shape index (κ1) is 13.0. The van der Waals surface area contributed by atoms with Crippen molar-refractivity contribution < 1.29 is 14.9 Å². The Balaban J connectivity index is 2.41. The molecule has 0 aromatic carbocycles. The minimum Gasteiger partial charge on any atom is -0.394 e. The fraction of sp³-hybridized carbons (Fsp3) is 0.636. The zero-order valence-electron chi connectivity index (χ0n) is 10.2. The third-order valence-corrected chi connectivity index (χ3v) is 3.60. The van der Waals surface area contributed by atoms with Crippen molar-refractivity contribution in [3.8, 4) is 0 Å². The molecule has 1 aromatic heterocycles. The van der Waals surface area contributed by atoms with Gasteiger partial charge in [-0.3, -0.25) is 14.3 Å². The molecule has 1 aromatic rings. The van der Waals surface area contributed by atoms with Crippen LogP contribution in [0.2, 0.25) is 0 Å². The molecular formula is C11H16N2O5. The summed E-state index contributed by atoms with van der Waals surface area (Å²) in [6.45, 7) is 2.93. The predicted octanol–water partition coefficient (Wildman–Crippen LogP) is -1.19. The summed E-state index contributed by atoms with van der Waals surface area (Å²) < 4.78 is 6.69. The fourth-order valence-corrected chi connectivity index (χ4v) is 2.17. The van der Waals surface area contributed by atoms with E-state index in [0.29, 0.717) is 0 Å². The minimum absolute atomic E-state index is 0.341. The largest absolute Gasteiger partial charge is 0.394 e. The molecule has 0 aliphatic carbocycles. The van der Waals surface area contributed by atoms with E-state index < -0.39 is 35.1 Å². The molecule has 100 valence electrons. The van der Waals surface area contributed by atoms with Crippen molar-refractivity contribution in [2.75, 3.05) is 6.61 Å². The highest BCUT2D eigenvalue weighted by Gasteiger charge is 2.50. The highest BCUT2D eigenvalue weighted by Crippen LogP contribution is 2.40. The van der Waals surface area contributed by atoms with E-state index in [9.17, 15) is 14.7 Å². The number of nitrogens with one attached hydrogen (secondary N) is 1. The van der Waals surface area contributed by atoms with Crippen LogP contribution < -0.4 is 11.2 Å². The number of aromatic nitrogens is 2. The molecule has 1 aliphatic heterocycles. The van der Waals surface area contributed by atoms with Gasteiger partial charge in [0.25, 0.3) is 5.56 Å². The highest BCUT2D eigenvalue weighted by molar-refractivity contribution is 4.98. The Morgan fingerprint density at radius 2 is 2.22 bits per heavy atom. The van der Waals surface area contributed by atoms with Gasteiger partial charge in [0.2, 0.25) is 0 Å². The first-order valence-electron chi connectivity index (χ1n) is 5.68. The predicted molar refractivity (Wildman–Crippen MR) is 62.1 cm³/mol. The molecule has 3 N–H and O–H groups in total. The topological polar surface area (TPSA) is 105 Å². The number of aliphatic hydroxyl groups excluding tert-OH is 1. The summed E-state index contributed by atoms with van der Waals surface area (Å²) in [5.41, 5.74) is -2.34. The second kappa shape index (κ2) is 4.34. The van der Waals surface area contributed by atoms with Crippen molar-refractivity contribution in [1.82, 2.24) is 9.55 Å². The Morgan fingerprint density at radius 1 is 1.56 bits per heavy atom. The molecule has 4 unspecified atom stereocenters. The van der Waals surface area contributed by atoms with Gasteiger partial charge in [-0.2, -0.15) is 0 Å². The van der Waals surface area contributed by atoms with Gasteiger partial charge in [-0.15, -0.1) is 0 Å². The van der Waals surface area contributed by atoms with Crippen LogP contribution in [0.3, 0.4) is 0 Å². The molecule has 2 rings (SSSR count). The molecular weight excluding hydrogens is 240 g/mol. The summed E-state index contributed by atoms with van der Waals surface area (Å²) in [7, 11) is 0. The molecule has 0 amide bonds. The van der Waals surface area contributed by atoms with Crippen molar-refractivity contribution in [1.29, 1.82) is 0 Å². The Kier molecular flexibility index (Phi) is 3.14. The van der Waals surface area contributed by atoms with Crippen molar-refractivity contribution in [3.63, 3.8) is 0 Å². The Morgan fingerprint density at radius 3 is 2.72 bits per heavy atom. The second-order valence-corrected chi connectivity index (χ2v) is 4.73. The van der Waals surface area contributed by atoms with E-state index in [0.717, 1.165) is 0 Å². The molecule has 0 spiro atoms. The minimum atomic E-state index is -1.24. The maximum absolute atomic E-state index is 11.7. The zero-order chi connectivity index (χ0) is 13.5. The summed E-state index contributed by atoms with van der Waals surface area (Å²) >= 11 is 0. The van der Waals surface area contributed by atoms with Crippen LogP contribution in [0, 0.1) is 5.92 Å². The van der Waals surface area contributed by atoms with Gasteiger partial charge in [0.05, 0.1) is 12.2 Å². The molecule has 1 fully saturated rings. The van der Waals surface area contributed by atoms with Gasteiger partial charge >= 0.3 is 5.69 Å². The molecule has 2 heterocycles. The van der Waals surface area contributed by atoms with Crippen LogP contribution in [-0.2, 0) is 4.74 Å². The summed E-state index contributed by atoms with van der Waals surface area (Å²) in [4.78, 5) is 24.8. The maximum atomic E-state index is 11.7. The molecule has 18 heavy (non-hydrogen) atoms. The quantitative estimate of drug-likeness (QED) is 0.617. The first-order valence-corrected chi connectivity index (χ1v) is 5.68. The van der Waals surface area contributed by atoms with Crippen LogP contribution >= 0.6 is 0 Å². The van der Waals surface area contributed by atoms with Crippen molar-refractivity contribution in [2.45, 2.75) is 31.8 Å². The first-order chi connectivity index (χ1) is 8.37. The van der Waals surface area contributed by atoms with Gasteiger partial charge in [-0.1, -0.05) is 6.92 Å². The maximum Gasteiger partial charge on any atom is 0.330 e. The molecule has 0 radical (unpaired) electrons. The van der Waals surface area contributed by atoms with Gasteiger partial charge in [0.15, 0.2) is 0 Å². The number of rotatable bonds is 2. The third kappa shape index (κ3) is 1.90. The van der Waals surface area contributed by atoms with E-state index >= 15 is 0 Å². The number of ether oxygens (including phenoxy) is 1. The van der Waals surface area contributed by atoms with Gasteiger partial charge in [0.1, 0.15) is 12.3 Å². The van der Waals surface area contributed by atoms with Gasteiger partial charge < -0.3 is 14.9 Å². The molecule has 0 bridgehead atoms. The van der Waals surface area contributed by atoms with Crippen LogP contribution in [0.15, 0.2) is 21.9 Å². The lowest BCUT2D eigenvalue weighted by molar-refractivity contribution is -0.0760. The lowest BCUT2D eigenvalue weighted by atomic mass is 9.88. The normalized spacial score (nSPS) is 35.9. The summed E-state index contributed by atoms with van der Waals surface area (Å²) in [5.74, 6) is -0.404. The SMILES string of the molecule is CC1C(n2ccc(=O)[nH]c2=O)OC(CO)C1(C)O. The molecule has 0 saturated carbocycles. The number of H-pyrrole nitrogens is 1. The molecule has 7 heteroatoms. The van der Waals surface area contributed by atoms with Crippen LogP contribution in [-0.4, -0.2) is 38.1 Å². The van der Waals surface area contributed by atoms with E-state index in [2.05, 4.69) is 4.98 Å². The van der Waals surface area contributed by atoms with E-state index in [1.165, 1.54) is 16.8 Å². The average Bonchev–Trinajstić information content (AvgIpc) is 2.52. The van der Waals surface area contributed by atoms with Gasteiger partial charge in [0, 0.05) is 18.2 Å². The van der Waals surface area contributed by atoms with E-state index in [4.69, 9.17) is 9.84 Å². The smallest absolute Gasteiger partial charge is 0.330 e. The average molecular weight is 256 g/mol. The monoisotopic (exact) mass is 256 g/mol. The fourth-order valence-electron chi connectivity index (χ4n) is 2.17. The number of hydrogen-bond acceptors (Lipinski definition) is 5. The van der Waals surface area contributed by atoms with Crippen LogP contribution in [0.4, 0.5) is 0 Å². The standard InChI is InChI=1S/C11H16N2O5/c1-6-9(18-7(5-14)11(6,2)17)13-4-3-8(15)12-10(13)16/h3-4,6-7,9,14,17H,5H2,1-2H3,(H,12,15,16). The zero-order valence-corrected chi connectivity index (χ0v) is 10.2. The number of nitrogens with zero attached hydrogens (tertiary/aromatic N) is 1. The van der Waals surface area contributed by atoms with Crippen LogP contribution in [0.5, 0.6) is 0 Å². The van der Waals surface area contributed by atoms with Crippen LogP contribution in [0.25, 0.3) is 0 Å². The van der Waals surface area contributed by atoms with Crippen LogP contribution in [0.1, 0.15) is 20.1 Å². The Labute approximate surface area is 103 Å². The summed E-state index contributed by atoms with van der Waals surface area (Å²) in [6.07, 6.45) is -0.170.